The Bertz CT molecular complexity index is 972. The Morgan fingerprint density at radius 1 is 0.900 bits per heavy atom. The van der Waals surface area contributed by atoms with E-state index in [4.69, 9.17) is 5.14 Å². The minimum Gasteiger partial charge on any atom is -0.368 e. The molecule has 1 fully saturated rings. The zero-order valence-electron chi connectivity index (χ0n) is 16.5. The molecule has 0 radical (unpaired) electrons. The molecule has 0 aliphatic carbocycles. The van der Waals surface area contributed by atoms with Gasteiger partial charge in [-0.3, -0.25) is 4.79 Å². The minimum absolute atomic E-state index is 0.0113. The number of rotatable bonds is 6. The van der Waals surface area contributed by atoms with Crippen molar-refractivity contribution in [1.82, 2.24) is 15.5 Å². The number of hydrogen-bond acceptors (Lipinski definition) is 5. The van der Waals surface area contributed by atoms with Crippen LogP contribution in [0, 0.1) is 0 Å². The van der Waals surface area contributed by atoms with Gasteiger partial charge >= 0.3 is 6.03 Å². The summed E-state index contributed by atoms with van der Waals surface area (Å²) in [5.74, 6) is -0.332. The minimum atomic E-state index is -3.74. The van der Waals surface area contributed by atoms with Crippen LogP contribution < -0.4 is 20.7 Å². The number of primary sulfonamides is 1. The summed E-state index contributed by atoms with van der Waals surface area (Å²) in [7, 11) is -3.74. The monoisotopic (exact) mass is 431 g/mol. The molecule has 2 aromatic rings. The van der Waals surface area contributed by atoms with Crippen LogP contribution in [0.3, 0.4) is 0 Å². The van der Waals surface area contributed by atoms with Crippen LogP contribution in [0.2, 0.25) is 0 Å². The maximum Gasteiger partial charge on any atom is 0.317 e. The lowest BCUT2D eigenvalue weighted by Crippen LogP contribution is -2.53. The Kier molecular flexibility index (Phi) is 6.91. The van der Waals surface area contributed by atoms with Crippen molar-refractivity contribution in [1.29, 1.82) is 0 Å². The Balaban J connectivity index is 1.38. The highest BCUT2D eigenvalue weighted by molar-refractivity contribution is 7.89. The van der Waals surface area contributed by atoms with E-state index in [1.54, 1.807) is 17.0 Å². The fourth-order valence-electron chi connectivity index (χ4n) is 3.13. The standard InChI is InChI=1S/C20H25N5O4S/c21-30(28,29)18-8-6-16(7-9-18)14-22-19(26)15-23-20(27)25-12-10-24(11-13-25)17-4-2-1-3-5-17/h1-9H,10-15H2,(H,22,26)(H,23,27)(H2,21,28,29). The van der Waals surface area contributed by atoms with Crippen LogP contribution >= 0.6 is 0 Å². The van der Waals surface area contributed by atoms with Crippen molar-refractivity contribution < 1.29 is 18.0 Å². The highest BCUT2D eigenvalue weighted by atomic mass is 32.2. The summed E-state index contributed by atoms with van der Waals surface area (Å²) in [6.07, 6.45) is 0. The number of nitrogens with zero attached hydrogens (tertiary/aromatic N) is 2. The first-order valence-electron chi connectivity index (χ1n) is 9.54. The number of sulfonamides is 1. The van der Waals surface area contributed by atoms with Crippen LogP contribution in [-0.2, 0) is 21.4 Å². The molecule has 30 heavy (non-hydrogen) atoms. The van der Waals surface area contributed by atoms with E-state index in [0.717, 1.165) is 24.3 Å². The van der Waals surface area contributed by atoms with E-state index in [1.165, 1.54) is 12.1 Å². The molecule has 2 aromatic carbocycles. The first kappa shape index (κ1) is 21.6. The third-order valence-corrected chi connectivity index (χ3v) is 5.76. The molecule has 3 amide bonds. The van der Waals surface area contributed by atoms with Gasteiger partial charge in [0.05, 0.1) is 11.4 Å². The SMILES string of the molecule is NS(=O)(=O)c1ccc(CNC(=O)CNC(=O)N2CCN(c3ccccc3)CC2)cc1. The number of nitrogens with one attached hydrogen (secondary N) is 2. The van der Waals surface area contributed by atoms with Crippen LogP contribution in [0.5, 0.6) is 0 Å². The molecular formula is C20H25N5O4S. The van der Waals surface area contributed by atoms with Crippen molar-refractivity contribution in [2.45, 2.75) is 11.4 Å². The number of anilines is 1. The largest absolute Gasteiger partial charge is 0.368 e. The molecule has 160 valence electrons. The van der Waals surface area contributed by atoms with Gasteiger partial charge in [0, 0.05) is 38.4 Å². The lowest BCUT2D eigenvalue weighted by molar-refractivity contribution is -0.120. The summed E-state index contributed by atoms with van der Waals surface area (Å²) in [5.41, 5.74) is 1.85. The number of carbonyl (C=O) groups is 2. The highest BCUT2D eigenvalue weighted by Gasteiger charge is 2.21. The molecule has 10 heteroatoms. The Hall–Kier alpha value is -3.11. The number of benzene rings is 2. The van der Waals surface area contributed by atoms with Crippen molar-refractivity contribution in [3.63, 3.8) is 0 Å². The molecule has 0 saturated carbocycles. The maximum atomic E-state index is 12.3. The Morgan fingerprint density at radius 2 is 1.53 bits per heavy atom. The van der Waals surface area contributed by atoms with Crippen LogP contribution in [0.15, 0.2) is 59.5 Å². The predicted octanol–water partition coefficient (Wildman–Crippen LogP) is 0.482. The number of urea groups is 1. The van der Waals surface area contributed by atoms with Crippen LogP contribution in [0.25, 0.3) is 0 Å². The van der Waals surface area contributed by atoms with Gasteiger partial charge in [0.15, 0.2) is 0 Å². The third-order valence-electron chi connectivity index (χ3n) is 4.83. The predicted molar refractivity (Wildman–Crippen MR) is 113 cm³/mol. The number of amides is 3. The van der Waals surface area contributed by atoms with E-state index in [2.05, 4.69) is 15.5 Å². The zero-order chi connectivity index (χ0) is 21.6. The summed E-state index contributed by atoms with van der Waals surface area (Å²) in [4.78, 5) is 28.2. The first-order valence-corrected chi connectivity index (χ1v) is 11.1. The fraction of sp³-hybridized carbons (Fsp3) is 0.300. The second-order valence-electron chi connectivity index (χ2n) is 6.93. The highest BCUT2D eigenvalue weighted by Crippen LogP contribution is 2.15. The molecule has 3 rings (SSSR count). The van der Waals surface area contributed by atoms with Gasteiger partial charge in [-0.2, -0.15) is 0 Å². The van der Waals surface area contributed by atoms with Gasteiger partial charge in [0.25, 0.3) is 0 Å². The van der Waals surface area contributed by atoms with Crippen molar-refractivity contribution in [3.05, 3.63) is 60.2 Å². The average Bonchev–Trinajstić information content (AvgIpc) is 2.76. The summed E-state index contributed by atoms with van der Waals surface area (Å²) in [5, 5.41) is 10.4. The molecule has 0 aromatic heterocycles. The van der Waals surface area contributed by atoms with E-state index in [-0.39, 0.29) is 29.9 Å². The van der Waals surface area contributed by atoms with E-state index in [0.29, 0.717) is 13.1 Å². The van der Waals surface area contributed by atoms with Crippen LogP contribution in [0.4, 0.5) is 10.5 Å². The topological polar surface area (TPSA) is 125 Å². The number of piperazine rings is 1. The van der Waals surface area contributed by atoms with Crippen LogP contribution in [0.1, 0.15) is 5.56 Å². The number of carbonyl (C=O) groups excluding carboxylic acids is 2. The molecule has 1 heterocycles. The van der Waals surface area contributed by atoms with Gasteiger partial charge in [0.2, 0.25) is 15.9 Å². The van der Waals surface area contributed by atoms with Gasteiger partial charge in [-0.05, 0) is 29.8 Å². The lowest BCUT2D eigenvalue weighted by Gasteiger charge is -2.36. The Morgan fingerprint density at radius 3 is 2.13 bits per heavy atom. The smallest absolute Gasteiger partial charge is 0.317 e. The second-order valence-corrected chi connectivity index (χ2v) is 8.50. The molecule has 1 aliphatic heterocycles. The molecule has 0 atom stereocenters. The lowest BCUT2D eigenvalue weighted by atomic mass is 10.2. The van der Waals surface area contributed by atoms with E-state index < -0.39 is 10.0 Å². The number of nitrogens with two attached hydrogens (primary N) is 1. The molecule has 0 spiro atoms. The quantitative estimate of drug-likeness (QED) is 0.614. The molecule has 1 saturated heterocycles. The Labute approximate surface area is 175 Å². The van der Waals surface area contributed by atoms with Gasteiger partial charge in [-0.15, -0.1) is 0 Å². The molecule has 0 unspecified atom stereocenters. The first-order chi connectivity index (χ1) is 14.3. The van der Waals surface area contributed by atoms with Crippen molar-refractivity contribution in [3.8, 4) is 0 Å². The van der Waals surface area contributed by atoms with Crippen molar-refractivity contribution in [2.75, 3.05) is 37.6 Å². The average molecular weight is 432 g/mol. The normalized spacial score (nSPS) is 14.3. The maximum absolute atomic E-state index is 12.3. The summed E-state index contributed by atoms with van der Waals surface area (Å²) in [6, 6.07) is 15.7. The molecule has 9 nitrogen and oxygen atoms in total. The molecule has 4 N–H and O–H groups in total. The van der Waals surface area contributed by atoms with Crippen molar-refractivity contribution in [2.24, 2.45) is 5.14 Å². The van der Waals surface area contributed by atoms with Gasteiger partial charge in [0.1, 0.15) is 0 Å². The van der Waals surface area contributed by atoms with Gasteiger partial charge in [-0.1, -0.05) is 30.3 Å². The summed E-state index contributed by atoms with van der Waals surface area (Å²) in [6.45, 7) is 2.72. The zero-order valence-corrected chi connectivity index (χ0v) is 17.3. The summed E-state index contributed by atoms with van der Waals surface area (Å²) < 4.78 is 22.5. The second kappa shape index (κ2) is 9.59. The molecule has 1 aliphatic rings. The van der Waals surface area contributed by atoms with E-state index in [9.17, 15) is 18.0 Å². The molecule has 0 bridgehead atoms. The summed E-state index contributed by atoms with van der Waals surface area (Å²) >= 11 is 0. The van der Waals surface area contributed by atoms with Gasteiger partial charge < -0.3 is 20.4 Å². The molecular weight excluding hydrogens is 406 g/mol. The van der Waals surface area contributed by atoms with E-state index in [1.807, 2.05) is 30.3 Å². The van der Waals surface area contributed by atoms with E-state index >= 15 is 0 Å². The third kappa shape index (κ3) is 5.94. The fourth-order valence-corrected chi connectivity index (χ4v) is 3.65. The number of para-hydroxylation sites is 1. The van der Waals surface area contributed by atoms with Gasteiger partial charge in [-0.25, -0.2) is 18.4 Å². The number of hydrogen-bond donors (Lipinski definition) is 3. The van der Waals surface area contributed by atoms with Crippen LogP contribution in [-0.4, -0.2) is 58.0 Å². The van der Waals surface area contributed by atoms with Crippen molar-refractivity contribution >= 4 is 27.6 Å².